The Bertz CT molecular complexity index is 417. The number of rotatable bonds is 5. The third kappa shape index (κ3) is 3.82. The van der Waals surface area contributed by atoms with Gasteiger partial charge in [0.15, 0.2) is 0 Å². The first kappa shape index (κ1) is 14.1. The van der Waals surface area contributed by atoms with Crippen molar-refractivity contribution in [2.75, 3.05) is 18.0 Å². The molecule has 19 heavy (non-hydrogen) atoms. The van der Waals surface area contributed by atoms with Gasteiger partial charge in [-0.3, -0.25) is 0 Å². The van der Waals surface area contributed by atoms with Gasteiger partial charge in [0.2, 0.25) is 0 Å². The molecule has 0 radical (unpaired) electrons. The molecule has 1 N–H and O–H groups in total. The van der Waals surface area contributed by atoms with E-state index < -0.39 is 0 Å². The van der Waals surface area contributed by atoms with Crippen LogP contribution in [-0.4, -0.2) is 18.8 Å². The molecule has 0 amide bonds. The molecule has 2 heteroatoms. The molecule has 2 nitrogen and oxygen atoms in total. The molecule has 1 aromatic carbocycles. The summed E-state index contributed by atoms with van der Waals surface area (Å²) in [6, 6.07) is 8.47. The van der Waals surface area contributed by atoms with Crippen molar-refractivity contribution in [1.82, 2.24) is 0 Å². The topological polar surface area (TPSA) is 27.1 Å². The average Bonchev–Trinajstić information content (AvgIpc) is 2.45. The molecule has 0 aromatic heterocycles. The van der Waals surface area contributed by atoms with Gasteiger partial charge < -0.3 is 10.3 Å². The standard InChI is InChI=1S/C17H26N2/c1-14(2)10-11-16(18)15-8-4-5-9-17(15)19-12-6-3-7-13-19/h4-5,8-9,14,18H,3,6-7,10-13H2,1-2H3. The van der Waals surface area contributed by atoms with E-state index in [1.807, 2.05) is 0 Å². The van der Waals surface area contributed by atoms with Crippen LogP contribution in [0.4, 0.5) is 5.69 Å². The lowest BCUT2D eigenvalue weighted by Gasteiger charge is -2.30. The van der Waals surface area contributed by atoms with Crippen molar-refractivity contribution in [3.8, 4) is 0 Å². The van der Waals surface area contributed by atoms with Crippen LogP contribution in [0.2, 0.25) is 0 Å². The number of nitrogens with one attached hydrogen (secondary N) is 1. The summed E-state index contributed by atoms with van der Waals surface area (Å²) >= 11 is 0. The van der Waals surface area contributed by atoms with E-state index in [0.29, 0.717) is 5.92 Å². The van der Waals surface area contributed by atoms with Crippen molar-refractivity contribution < 1.29 is 0 Å². The molecule has 0 atom stereocenters. The maximum atomic E-state index is 8.36. The zero-order chi connectivity index (χ0) is 13.7. The van der Waals surface area contributed by atoms with E-state index in [2.05, 4.69) is 43.0 Å². The van der Waals surface area contributed by atoms with E-state index in [-0.39, 0.29) is 0 Å². The Balaban J connectivity index is 2.13. The van der Waals surface area contributed by atoms with Gasteiger partial charge in [0.05, 0.1) is 0 Å². The molecule has 0 spiro atoms. The van der Waals surface area contributed by atoms with Gasteiger partial charge in [-0.15, -0.1) is 0 Å². The minimum Gasteiger partial charge on any atom is -0.371 e. The second-order valence-electron chi connectivity index (χ2n) is 5.98. The van der Waals surface area contributed by atoms with Crippen LogP contribution in [0, 0.1) is 11.3 Å². The molecule has 0 aliphatic carbocycles. The highest BCUT2D eigenvalue weighted by atomic mass is 15.1. The minimum atomic E-state index is 0.669. The number of piperidine rings is 1. The Labute approximate surface area is 117 Å². The first-order valence-corrected chi connectivity index (χ1v) is 7.60. The maximum Gasteiger partial charge on any atom is 0.0458 e. The van der Waals surface area contributed by atoms with Gasteiger partial charge in [0.25, 0.3) is 0 Å². The largest absolute Gasteiger partial charge is 0.371 e. The second-order valence-corrected chi connectivity index (χ2v) is 5.98. The van der Waals surface area contributed by atoms with E-state index in [0.717, 1.165) is 37.2 Å². The van der Waals surface area contributed by atoms with Crippen LogP contribution in [0.1, 0.15) is 51.5 Å². The van der Waals surface area contributed by atoms with Crippen molar-refractivity contribution >= 4 is 11.4 Å². The van der Waals surface area contributed by atoms with Crippen LogP contribution >= 0.6 is 0 Å². The molecule has 1 aliphatic rings. The lowest BCUT2D eigenvalue weighted by atomic mass is 9.98. The van der Waals surface area contributed by atoms with E-state index in [1.54, 1.807) is 0 Å². The molecule has 1 saturated heterocycles. The SMILES string of the molecule is CC(C)CCC(=N)c1ccccc1N1CCCCC1. The van der Waals surface area contributed by atoms with Crippen LogP contribution in [0.25, 0.3) is 0 Å². The Hall–Kier alpha value is -1.31. The summed E-state index contributed by atoms with van der Waals surface area (Å²) in [6.07, 6.45) is 5.92. The van der Waals surface area contributed by atoms with Gasteiger partial charge in [-0.1, -0.05) is 32.0 Å². The lowest BCUT2D eigenvalue weighted by molar-refractivity contribution is 0.577. The van der Waals surface area contributed by atoms with Gasteiger partial charge >= 0.3 is 0 Å². The quantitative estimate of drug-likeness (QED) is 0.774. The molecule has 0 saturated carbocycles. The van der Waals surface area contributed by atoms with Gasteiger partial charge in [0.1, 0.15) is 0 Å². The van der Waals surface area contributed by atoms with Gasteiger partial charge in [0, 0.05) is 30.1 Å². The van der Waals surface area contributed by atoms with Crippen LogP contribution in [0.15, 0.2) is 24.3 Å². The number of anilines is 1. The molecular weight excluding hydrogens is 232 g/mol. The first-order chi connectivity index (χ1) is 9.18. The number of para-hydroxylation sites is 1. The fraction of sp³-hybridized carbons (Fsp3) is 0.588. The highest BCUT2D eigenvalue weighted by Gasteiger charge is 2.16. The van der Waals surface area contributed by atoms with Crippen LogP contribution < -0.4 is 4.90 Å². The highest BCUT2D eigenvalue weighted by Crippen LogP contribution is 2.25. The molecule has 0 unspecified atom stereocenters. The Morgan fingerprint density at radius 2 is 1.84 bits per heavy atom. The highest BCUT2D eigenvalue weighted by molar-refractivity contribution is 6.03. The van der Waals surface area contributed by atoms with Crippen molar-refractivity contribution in [2.24, 2.45) is 5.92 Å². The van der Waals surface area contributed by atoms with Gasteiger partial charge in [-0.05, 0) is 44.1 Å². The zero-order valence-electron chi connectivity index (χ0n) is 12.3. The van der Waals surface area contributed by atoms with E-state index in [1.165, 1.54) is 24.9 Å². The zero-order valence-corrected chi connectivity index (χ0v) is 12.3. The second kappa shape index (κ2) is 6.74. The molecule has 1 heterocycles. The summed E-state index contributed by atoms with van der Waals surface area (Å²) in [5, 5.41) is 8.36. The molecule has 0 bridgehead atoms. The number of hydrogen-bond acceptors (Lipinski definition) is 2. The van der Waals surface area contributed by atoms with E-state index >= 15 is 0 Å². The van der Waals surface area contributed by atoms with E-state index in [9.17, 15) is 0 Å². The third-order valence-electron chi connectivity index (χ3n) is 3.90. The molecule has 2 rings (SSSR count). The van der Waals surface area contributed by atoms with E-state index in [4.69, 9.17) is 5.41 Å². The molecular formula is C17H26N2. The predicted molar refractivity (Wildman–Crippen MR) is 83.4 cm³/mol. The summed E-state index contributed by atoms with van der Waals surface area (Å²) < 4.78 is 0. The predicted octanol–water partition coefficient (Wildman–Crippen LogP) is 4.48. The maximum absolute atomic E-state index is 8.36. The third-order valence-corrected chi connectivity index (χ3v) is 3.90. The number of nitrogens with zero attached hydrogens (tertiary/aromatic N) is 1. The Morgan fingerprint density at radius 3 is 2.53 bits per heavy atom. The van der Waals surface area contributed by atoms with Crippen LogP contribution in [0.3, 0.4) is 0 Å². The van der Waals surface area contributed by atoms with Crippen molar-refractivity contribution in [3.05, 3.63) is 29.8 Å². The summed E-state index contributed by atoms with van der Waals surface area (Å²) in [6.45, 7) is 6.75. The van der Waals surface area contributed by atoms with Gasteiger partial charge in [-0.2, -0.15) is 0 Å². The van der Waals surface area contributed by atoms with Gasteiger partial charge in [-0.25, -0.2) is 0 Å². The monoisotopic (exact) mass is 258 g/mol. The summed E-state index contributed by atoms with van der Waals surface area (Å²) in [5.74, 6) is 0.669. The lowest BCUT2D eigenvalue weighted by Crippen LogP contribution is -2.30. The normalized spacial score (nSPS) is 15.8. The van der Waals surface area contributed by atoms with Crippen molar-refractivity contribution in [1.29, 1.82) is 5.41 Å². The smallest absolute Gasteiger partial charge is 0.0458 e. The summed E-state index contributed by atoms with van der Waals surface area (Å²) in [5.41, 5.74) is 3.22. The summed E-state index contributed by atoms with van der Waals surface area (Å²) in [7, 11) is 0. The number of hydrogen-bond donors (Lipinski definition) is 1. The molecule has 104 valence electrons. The fourth-order valence-electron chi connectivity index (χ4n) is 2.71. The van der Waals surface area contributed by atoms with Crippen molar-refractivity contribution in [2.45, 2.75) is 46.0 Å². The van der Waals surface area contributed by atoms with Crippen molar-refractivity contribution in [3.63, 3.8) is 0 Å². The first-order valence-electron chi connectivity index (χ1n) is 7.60. The van der Waals surface area contributed by atoms with Crippen LogP contribution in [-0.2, 0) is 0 Å². The molecule has 1 aliphatic heterocycles. The minimum absolute atomic E-state index is 0.669. The Kier molecular flexibility index (Phi) is 5.00. The molecule has 1 fully saturated rings. The fourth-order valence-corrected chi connectivity index (χ4v) is 2.71. The average molecular weight is 258 g/mol. The molecule has 1 aromatic rings. The summed E-state index contributed by atoms with van der Waals surface area (Å²) in [4.78, 5) is 2.46. The van der Waals surface area contributed by atoms with Crippen LogP contribution in [0.5, 0.6) is 0 Å². The number of benzene rings is 1. The Morgan fingerprint density at radius 1 is 1.16 bits per heavy atom.